The van der Waals surface area contributed by atoms with Crippen LogP contribution < -0.4 is 5.32 Å². The van der Waals surface area contributed by atoms with Crippen LogP contribution in [0.5, 0.6) is 0 Å². The molecule has 1 amide bonds. The van der Waals surface area contributed by atoms with Gasteiger partial charge in [-0.1, -0.05) is 20.8 Å². The number of carbonyl (C=O) groups excluding carboxylic acids is 1. The van der Waals surface area contributed by atoms with Crippen molar-refractivity contribution in [3.8, 4) is 0 Å². The van der Waals surface area contributed by atoms with Gasteiger partial charge >= 0.3 is 5.97 Å². The van der Waals surface area contributed by atoms with E-state index in [1.165, 1.54) is 42.3 Å². The predicted molar refractivity (Wildman–Crippen MR) is 88.0 cm³/mol. The van der Waals surface area contributed by atoms with Gasteiger partial charge in [0.25, 0.3) is 5.91 Å². The van der Waals surface area contributed by atoms with Crippen LogP contribution in [0, 0.1) is 0 Å². The van der Waals surface area contributed by atoms with E-state index in [2.05, 4.69) is 15.4 Å². The monoisotopic (exact) mass is 336 g/mol. The number of rotatable bonds is 4. The zero-order valence-electron chi connectivity index (χ0n) is 13.7. The Labute approximate surface area is 138 Å². The first kappa shape index (κ1) is 17.1. The molecule has 0 unspecified atom stereocenters. The van der Waals surface area contributed by atoms with Crippen molar-refractivity contribution in [2.75, 3.05) is 5.32 Å². The van der Waals surface area contributed by atoms with Crippen LogP contribution in [0.15, 0.2) is 17.8 Å². The van der Waals surface area contributed by atoms with Gasteiger partial charge in [0.15, 0.2) is 5.54 Å². The molecule has 124 valence electrons. The quantitative estimate of drug-likeness (QED) is 0.894. The highest BCUT2D eigenvalue weighted by molar-refractivity contribution is 7.10. The van der Waals surface area contributed by atoms with Gasteiger partial charge in [0, 0.05) is 17.0 Å². The van der Waals surface area contributed by atoms with Gasteiger partial charge in [0.2, 0.25) is 0 Å². The number of thiazole rings is 1. The summed E-state index contributed by atoms with van der Waals surface area (Å²) in [5.74, 6) is -1.35. The number of aliphatic carboxylic acids is 1. The van der Waals surface area contributed by atoms with E-state index in [9.17, 15) is 14.7 Å². The standard InChI is InChI=1S/C15H20N4O3S/c1-14(2,3)12-18-10(8-23-12)11(20)17-9-6-16-19(7-9)15(4,5)13(21)22/h6-8H,1-5H3,(H,17,20)(H,21,22). The Bertz CT molecular complexity index is 740. The Kier molecular flexibility index (Phi) is 4.30. The largest absolute Gasteiger partial charge is 0.479 e. The molecule has 2 heterocycles. The SMILES string of the molecule is CC(C)(C)c1nc(C(=O)Nc2cnn(C(C)(C)C(=O)O)c2)cs1. The fourth-order valence-corrected chi connectivity index (χ4v) is 2.60. The highest BCUT2D eigenvalue weighted by Gasteiger charge is 2.30. The number of aromatic nitrogens is 3. The number of anilines is 1. The first-order valence-corrected chi connectivity index (χ1v) is 7.95. The average molecular weight is 336 g/mol. The lowest BCUT2D eigenvalue weighted by Gasteiger charge is -2.19. The minimum atomic E-state index is -1.19. The van der Waals surface area contributed by atoms with Crippen LogP contribution in [0.4, 0.5) is 5.69 Å². The number of nitrogens with one attached hydrogen (secondary N) is 1. The van der Waals surface area contributed by atoms with E-state index in [0.29, 0.717) is 11.4 Å². The summed E-state index contributed by atoms with van der Waals surface area (Å²) in [6.07, 6.45) is 2.91. The van der Waals surface area contributed by atoms with Gasteiger partial charge in [-0.15, -0.1) is 11.3 Å². The summed E-state index contributed by atoms with van der Waals surface area (Å²) in [7, 11) is 0. The molecule has 0 atom stereocenters. The van der Waals surface area contributed by atoms with Gasteiger partial charge in [-0.25, -0.2) is 9.78 Å². The second-order valence-corrected chi connectivity index (χ2v) is 7.64. The summed E-state index contributed by atoms with van der Waals surface area (Å²) in [5, 5.41) is 18.5. The minimum Gasteiger partial charge on any atom is -0.479 e. The van der Waals surface area contributed by atoms with Gasteiger partial charge in [-0.3, -0.25) is 9.48 Å². The number of nitrogens with zero attached hydrogens (tertiary/aromatic N) is 3. The molecule has 0 aromatic carbocycles. The second-order valence-electron chi connectivity index (χ2n) is 6.78. The molecule has 2 aromatic heterocycles. The molecule has 7 nitrogen and oxygen atoms in total. The first-order valence-electron chi connectivity index (χ1n) is 7.07. The highest BCUT2D eigenvalue weighted by Crippen LogP contribution is 2.26. The summed E-state index contributed by atoms with van der Waals surface area (Å²) >= 11 is 1.44. The van der Waals surface area contributed by atoms with Crippen molar-refractivity contribution in [3.05, 3.63) is 28.5 Å². The number of amides is 1. The fraction of sp³-hybridized carbons (Fsp3) is 0.467. The van der Waals surface area contributed by atoms with Crippen LogP contribution in [0.2, 0.25) is 0 Å². The summed E-state index contributed by atoms with van der Waals surface area (Å²) in [6, 6.07) is 0. The van der Waals surface area contributed by atoms with Crippen molar-refractivity contribution >= 4 is 28.9 Å². The Morgan fingerprint density at radius 1 is 1.26 bits per heavy atom. The second kappa shape index (κ2) is 5.77. The van der Waals surface area contributed by atoms with Crippen LogP contribution in [0.1, 0.15) is 50.1 Å². The van der Waals surface area contributed by atoms with Gasteiger partial charge in [-0.2, -0.15) is 5.10 Å². The maximum atomic E-state index is 12.2. The molecule has 8 heteroatoms. The molecule has 0 aliphatic heterocycles. The Hall–Kier alpha value is -2.22. The molecule has 2 aromatic rings. The number of hydrogen-bond acceptors (Lipinski definition) is 5. The van der Waals surface area contributed by atoms with Crippen molar-refractivity contribution in [1.82, 2.24) is 14.8 Å². The van der Waals surface area contributed by atoms with Crippen molar-refractivity contribution in [2.24, 2.45) is 0 Å². The van der Waals surface area contributed by atoms with Crippen LogP contribution in [0.3, 0.4) is 0 Å². The molecule has 0 radical (unpaired) electrons. The molecule has 0 aliphatic rings. The van der Waals surface area contributed by atoms with Crippen molar-refractivity contribution in [1.29, 1.82) is 0 Å². The molecule has 0 saturated carbocycles. The van der Waals surface area contributed by atoms with E-state index in [1.54, 1.807) is 5.38 Å². The molecule has 0 fully saturated rings. The van der Waals surface area contributed by atoms with Crippen molar-refractivity contribution in [3.63, 3.8) is 0 Å². The van der Waals surface area contributed by atoms with Gasteiger partial charge < -0.3 is 10.4 Å². The average Bonchev–Trinajstić information content (AvgIpc) is 3.06. The topological polar surface area (TPSA) is 97.1 Å². The van der Waals surface area contributed by atoms with Crippen LogP contribution in [0.25, 0.3) is 0 Å². The van der Waals surface area contributed by atoms with E-state index in [-0.39, 0.29) is 11.3 Å². The number of carbonyl (C=O) groups is 2. The molecule has 0 bridgehead atoms. The maximum Gasteiger partial charge on any atom is 0.331 e. The van der Waals surface area contributed by atoms with E-state index < -0.39 is 11.5 Å². The predicted octanol–water partition coefficient (Wildman–Crippen LogP) is 2.71. The minimum absolute atomic E-state index is 0.112. The number of hydrogen-bond donors (Lipinski definition) is 2. The van der Waals surface area contributed by atoms with E-state index in [1.807, 2.05) is 20.8 Å². The molecule has 2 rings (SSSR count). The summed E-state index contributed by atoms with van der Waals surface area (Å²) in [4.78, 5) is 27.8. The first-order chi connectivity index (χ1) is 10.5. The molecule has 0 aliphatic carbocycles. The molecular formula is C15H20N4O3S. The highest BCUT2D eigenvalue weighted by atomic mass is 32.1. The Morgan fingerprint density at radius 3 is 2.43 bits per heavy atom. The lowest BCUT2D eigenvalue weighted by atomic mass is 9.98. The fourth-order valence-electron chi connectivity index (χ4n) is 1.71. The van der Waals surface area contributed by atoms with Gasteiger partial charge in [0.05, 0.1) is 16.9 Å². The van der Waals surface area contributed by atoms with Gasteiger partial charge in [0.1, 0.15) is 5.69 Å². The van der Waals surface area contributed by atoms with Crippen LogP contribution in [-0.2, 0) is 15.7 Å². The molecule has 0 spiro atoms. The normalized spacial score (nSPS) is 12.2. The zero-order valence-corrected chi connectivity index (χ0v) is 14.6. The van der Waals surface area contributed by atoms with Crippen molar-refractivity contribution in [2.45, 2.75) is 45.6 Å². The summed E-state index contributed by atoms with van der Waals surface area (Å²) in [6.45, 7) is 9.16. The van der Waals surface area contributed by atoms with Crippen LogP contribution in [-0.4, -0.2) is 31.7 Å². The van der Waals surface area contributed by atoms with Crippen LogP contribution >= 0.6 is 11.3 Å². The van der Waals surface area contributed by atoms with E-state index in [0.717, 1.165) is 5.01 Å². The van der Waals surface area contributed by atoms with Crippen molar-refractivity contribution < 1.29 is 14.7 Å². The maximum absolute atomic E-state index is 12.2. The molecule has 23 heavy (non-hydrogen) atoms. The number of carboxylic acids is 1. The molecule has 0 saturated heterocycles. The van der Waals surface area contributed by atoms with E-state index in [4.69, 9.17) is 0 Å². The third-order valence-corrected chi connectivity index (χ3v) is 4.58. The Morgan fingerprint density at radius 2 is 1.91 bits per heavy atom. The lowest BCUT2D eigenvalue weighted by molar-refractivity contribution is -0.146. The lowest BCUT2D eigenvalue weighted by Crippen LogP contribution is -2.35. The molecular weight excluding hydrogens is 316 g/mol. The summed E-state index contributed by atoms with van der Waals surface area (Å²) in [5.41, 5.74) is -0.539. The third kappa shape index (κ3) is 3.58. The zero-order chi connectivity index (χ0) is 17.4. The molecule has 2 N–H and O–H groups in total. The third-order valence-electron chi connectivity index (χ3n) is 3.32. The van der Waals surface area contributed by atoms with Gasteiger partial charge in [-0.05, 0) is 13.8 Å². The Balaban J connectivity index is 2.14. The van der Waals surface area contributed by atoms with E-state index >= 15 is 0 Å². The number of carboxylic acid groups (broad SMARTS) is 1. The summed E-state index contributed by atoms with van der Waals surface area (Å²) < 4.78 is 1.30. The smallest absolute Gasteiger partial charge is 0.331 e.